The molecule has 5 heteroatoms. The molecule has 0 saturated carbocycles. The van der Waals surface area contributed by atoms with Crippen LogP contribution in [0, 0.1) is 0 Å². The van der Waals surface area contributed by atoms with Crippen molar-refractivity contribution in [2.75, 3.05) is 5.73 Å². The van der Waals surface area contributed by atoms with E-state index in [4.69, 9.17) is 10.7 Å². The molecule has 0 unspecified atom stereocenters. The fourth-order valence-corrected chi connectivity index (χ4v) is 2.38. The monoisotopic (exact) mass is 267 g/mol. The second kappa shape index (κ2) is 4.30. The summed E-state index contributed by atoms with van der Waals surface area (Å²) in [7, 11) is 0. The third kappa shape index (κ3) is 2.01. The van der Waals surface area contributed by atoms with E-state index in [-0.39, 0.29) is 5.54 Å². The van der Waals surface area contributed by atoms with Crippen molar-refractivity contribution >= 4 is 16.7 Å². The van der Waals surface area contributed by atoms with Crippen molar-refractivity contribution in [2.24, 2.45) is 0 Å². The van der Waals surface area contributed by atoms with E-state index in [1.807, 2.05) is 12.1 Å². The van der Waals surface area contributed by atoms with E-state index in [0.717, 1.165) is 22.4 Å². The summed E-state index contributed by atoms with van der Waals surface area (Å²) >= 11 is 0. The molecule has 0 amide bonds. The highest BCUT2D eigenvalue weighted by Crippen LogP contribution is 2.30. The summed E-state index contributed by atoms with van der Waals surface area (Å²) in [5, 5.41) is 0. The van der Waals surface area contributed by atoms with Crippen molar-refractivity contribution in [3.8, 4) is 11.4 Å². The van der Waals surface area contributed by atoms with Gasteiger partial charge in [-0.05, 0) is 32.9 Å². The Kier molecular flexibility index (Phi) is 2.71. The molecule has 2 N–H and O–H groups in total. The quantitative estimate of drug-likeness (QED) is 0.736. The summed E-state index contributed by atoms with van der Waals surface area (Å²) < 4.78 is 2.19. The van der Waals surface area contributed by atoms with Crippen LogP contribution < -0.4 is 5.73 Å². The summed E-state index contributed by atoms with van der Waals surface area (Å²) in [6, 6.07) is 3.88. The minimum atomic E-state index is -0.101. The molecule has 20 heavy (non-hydrogen) atoms. The number of hydrogen-bond donors (Lipinski definition) is 1. The molecule has 0 saturated heterocycles. The average molecular weight is 267 g/mol. The van der Waals surface area contributed by atoms with Crippen molar-refractivity contribution < 1.29 is 0 Å². The number of hydrogen-bond acceptors (Lipinski definition) is 4. The first kappa shape index (κ1) is 12.6. The van der Waals surface area contributed by atoms with Crippen LogP contribution >= 0.6 is 0 Å². The lowest BCUT2D eigenvalue weighted by atomic mass is 10.1. The van der Waals surface area contributed by atoms with E-state index < -0.39 is 0 Å². The lowest BCUT2D eigenvalue weighted by molar-refractivity contribution is 0.413. The standard InChI is InChI=1S/C15H17N5/c1-15(2,3)20-13-4-5-17-9-12(13)19-14(20)10-6-11(16)8-18-7-10/h4-9H,16H2,1-3H3. The molecule has 0 aliphatic carbocycles. The van der Waals surface area contributed by atoms with Crippen molar-refractivity contribution in [3.05, 3.63) is 36.9 Å². The molecule has 3 heterocycles. The normalized spacial score (nSPS) is 11.9. The van der Waals surface area contributed by atoms with Gasteiger partial charge in [0.2, 0.25) is 0 Å². The SMILES string of the molecule is CC(C)(C)n1c(-c2cncc(N)c2)nc2cnccc21. The van der Waals surface area contributed by atoms with E-state index in [1.54, 1.807) is 24.8 Å². The topological polar surface area (TPSA) is 69.6 Å². The Morgan fingerprint density at radius 1 is 1.10 bits per heavy atom. The van der Waals surface area contributed by atoms with Gasteiger partial charge >= 0.3 is 0 Å². The van der Waals surface area contributed by atoms with Crippen LogP contribution in [-0.4, -0.2) is 19.5 Å². The van der Waals surface area contributed by atoms with Crippen LogP contribution in [0.15, 0.2) is 36.9 Å². The van der Waals surface area contributed by atoms with Gasteiger partial charge < -0.3 is 10.3 Å². The summed E-state index contributed by atoms with van der Waals surface area (Å²) in [6.07, 6.45) is 6.98. The Balaban J connectivity index is 2.35. The summed E-state index contributed by atoms with van der Waals surface area (Å²) in [5.41, 5.74) is 9.22. The molecule has 3 rings (SSSR count). The lowest BCUT2D eigenvalue weighted by Gasteiger charge is -2.24. The molecule has 0 atom stereocenters. The summed E-state index contributed by atoms with van der Waals surface area (Å²) in [6.45, 7) is 6.45. The Bertz CT molecular complexity index is 767. The molecule has 102 valence electrons. The number of anilines is 1. The van der Waals surface area contributed by atoms with Crippen molar-refractivity contribution in [1.82, 2.24) is 19.5 Å². The third-order valence-corrected chi connectivity index (χ3v) is 3.15. The fraction of sp³-hybridized carbons (Fsp3) is 0.267. The fourth-order valence-electron chi connectivity index (χ4n) is 2.38. The Morgan fingerprint density at radius 2 is 1.90 bits per heavy atom. The molecule has 0 aromatic carbocycles. The van der Waals surface area contributed by atoms with E-state index in [2.05, 4.69) is 35.3 Å². The second-order valence-corrected chi connectivity index (χ2v) is 5.81. The van der Waals surface area contributed by atoms with Gasteiger partial charge in [0.25, 0.3) is 0 Å². The Labute approximate surface area is 117 Å². The van der Waals surface area contributed by atoms with E-state index in [0.29, 0.717) is 5.69 Å². The molecule has 0 radical (unpaired) electrons. The molecule has 3 aromatic rings. The zero-order valence-corrected chi connectivity index (χ0v) is 11.8. The van der Waals surface area contributed by atoms with E-state index in [9.17, 15) is 0 Å². The van der Waals surface area contributed by atoms with Crippen LogP contribution in [-0.2, 0) is 5.54 Å². The number of nitrogens with two attached hydrogens (primary N) is 1. The van der Waals surface area contributed by atoms with Gasteiger partial charge in [0.1, 0.15) is 11.3 Å². The third-order valence-electron chi connectivity index (χ3n) is 3.15. The van der Waals surface area contributed by atoms with Crippen LogP contribution in [0.3, 0.4) is 0 Å². The van der Waals surface area contributed by atoms with Gasteiger partial charge in [-0.1, -0.05) is 0 Å². The molecule has 0 spiro atoms. The maximum atomic E-state index is 5.84. The number of rotatable bonds is 1. The lowest BCUT2D eigenvalue weighted by Crippen LogP contribution is -2.22. The van der Waals surface area contributed by atoms with Gasteiger partial charge in [0, 0.05) is 29.7 Å². The molecule has 3 aromatic heterocycles. The predicted molar refractivity (Wildman–Crippen MR) is 80.2 cm³/mol. The van der Waals surface area contributed by atoms with Crippen LogP contribution in [0.4, 0.5) is 5.69 Å². The number of imidazole rings is 1. The predicted octanol–water partition coefficient (Wildman–Crippen LogP) is 2.83. The maximum Gasteiger partial charge on any atom is 0.143 e. The first-order valence-electron chi connectivity index (χ1n) is 6.50. The van der Waals surface area contributed by atoms with Gasteiger partial charge in [-0.3, -0.25) is 9.97 Å². The summed E-state index contributed by atoms with van der Waals surface area (Å²) in [5.74, 6) is 0.861. The van der Waals surface area contributed by atoms with Crippen molar-refractivity contribution in [1.29, 1.82) is 0 Å². The highest BCUT2D eigenvalue weighted by molar-refractivity contribution is 5.80. The van der Waals surface area contributed by atoms with Crippen molar-refractivity contribution in [2.45, 2.75) is 26.3 Å². The van der Waals surface area contributed by atoms with Gasteiger partial charge in [0.05, 0.1) is 17.4 Å². The number of nitrogen functional groups attached to an aromatic ring is 1. The number of fused-ring (bicyclic) bond motifs is 1. The largest absolute Gasteiger partial charge is 0.397 e. The van der Waals surface area contributed by atoms with Gasteiger partial charge in [0.15, 0.2) is 0 Å². The first-order valence-corrected chi connectivity index (χ1v) is 6.50. The Hall–Kier alpha value is -2.43. The van der Waals surface area contributed by atoms with Crippen LogP contribution in [0.25, 0.3) is 22.4 Å². The highest BCUT2D eigenvalue weighted by Gasteiger charge is 2.22. The smallest absolute Gasteiger partial charge is 0.143 e. The van der Waals surface area contributed by atoms with Crippen LogP contribution in [0.5, 0.6) is 0 Å². The zero-order chi connectivity index (χ0) is 14.3. The average Bonchev–Trinajstić information content (AvgIpc) is 2.77. The molecule has 0 aliphatic heterocycles. The molecule has 5 nitrogen and oxygen atoms in total. The van der Waals surface area contributed by atoms with Crippen LogP contribution in [0.2, 0.25) is 0 Å². The second-order valence-electron chi connectivity index (χ2n) is 5.81. The molecule has 0 fully saturated rings. The van der Waals surface area contributed by atoms with E-state index in [1.165, 1.54) is 0 Å². The maximum absolute atomic E-state index is 5.84. The minimum Gasteiger partial charge on any atom is -0.397 e. The highest BCUT2D eigenvalue weighted by atomic mass is 15.1. The molecule has 0 bridgehead atoms. The molecular formula is C15H17N5. The first-order chi connectivity index (χ1) is 9.47. The van der Waals surface area contributed by atoms with Gasteiger partial charge in [-0.25, -0.2) is 4.98 Å². The number of nitrogens with zero attached hydrogens (tertiary/aromatic N) is 4. The molecular weight excluding hydrogens is 250 g/mol. The van der Waals surface area contributed by atoms with Crippen LogP contribution in [0.1, 0.15) is 20.8 Å². The van der Waals surface area contributed by atoms with Gasteiger partial charge in [-0.2, -0.15) is 0 Å². The van der Waals surface area contributed by atoms with Crippen molar-refractivity contribution in [3.63, 3.8) is 0 Å². The van der Waals surface area contributed by atoms with Gasteiger partial charge in [-0.15, -0.1) is 0 Å². The summed E-state index contributed by atoms with van der Waals surface area (Å²) in [4.78, 5) is 13.0. The number of aromatic nitrogens is 4. The molecule has 0 aliphatic rings. The minimum absolute atomic E-state index is 0.101. The van der Waals surface area contributed by atoms with E-state index >= 15 is 0 Å². The Morgan fingerprint density at radius 3 is 2.60 bits per heavy atom. The number of pyridine rings is 2. The zero-order valence-electron chi connectivity index (χ0n) is 11.8.